The number of amides is 1. The Morgan fingerprint density at radius 1 is 0.415 bits per heavy atom. The van der Waals surface area contributed by atoms with E-state index in [1.165, 1.54) is 225 Å². The van der Waals surface area contributed by atoms with Crippen molar-refractivity contribution in [2.45, 2.75) is 341 Å². The Bertz CT molecular complexity index is 970. The van der Waals surface area contributed by atoms with Gasteiger partial charge in [-0.1, -0.05) is 276 Å². The van der Waals surface area contributed by atoms with Gasteiger partial charge < -0.3 is 20.3 Å². The number of nitrogens with one attached hydrogen (secondary N) is 1. The molecule has 0 aliphatic heterocycles. The van der Waals surface area contributed by atoms with E-state index in [9.17, 15) is 19.8 Å². The zero-order chi connectivity index (χ0) is 47.2. The predicted molar refractivity (Wildman–Crippen MR) is 283 cm³/mol. The van der Waals surface area contributed by atoms with Gasteiger partial charge >= 0.3 is 5.97 Å². The summed E-state index contributed by atoms with van der Waals surface area (Å²) in [5.41, 5.74) is 0. The Hall–Kier alpha value is -1.40. The lowest BCUT2D eigenvalue weighted by atomic mass is 10.0. The second-order valence-electron chi connectivity index (χ2n) is 20.3. The summed E-state index contributed by atoms with van der Waals surface area (Å²) in [6.45, 7) is 4.94. The topological polar surface area (TPSA) is 95.9 Å². The quantitative estimate of drug-likeness (QED) is 0.0321. The van der Waals surface area contributed by atoms with E-state index in [4.69, 9.17) is 4.74 Å². The average molecular weight is 919 g/mol. The van der Waals surface area contributed by atoms with Crippen LogP contribution in [0.25, 0.3) is 0 Å². The highest BCUT2D eigenvalue weighted by Gasteiger charge is 2.20. The number of unbranched alkanes of at least 4 members (excludes halogenated alkanes) is 42. The molecule has 3 N–H and O–H groups in total. The maximum absolute atomic E-state index is 12.5. The Balaban J connectivity index is 3.48. The summed E-state index contributed by atoms with van der Waals surface area (Å²) in [6.07, 6.45) is 64.9. The molecule has 386 valence electrons. The molecule has 0 radical (unpaired) electrons. The van der Waals surface area contributed by atoms with Crippen LogP contribution in [0.15, 0.2) is 12.2 Å². The third-order valence-electron chi connectivity index (χ3n) is 13.8. The number of hydrogen-bond acceptors (Lipinski definition) is 5. The summed E-state index contributed by atoms with van der Waals surface area (Å²) < 4.78 is 5.46. The van der Waals surface area contributed by atoms with Crippen LogP contribution in [0.1, 0.15) is 328 Å². The summed E-state index contributed by atoms with van der Waals surface area (Å²) >= 11 is 0. The lowest BCUT2D eigenvalue weighted by Crippen LogP contribution is -2.45. The SMILES string of the molecule is CCCCCCCCCCCCCCCCCCCCCCCC(O)C(CO)NC(=O)CCCCC/C=C\CCCCCCCCOC(=O)CCCCCCCCCCCCCCCC. The van der Waals surface area contributed by atoms with Crippen LogP contribution in [0.4, 0.5) is 0 Å². The van der Waals surface area contributed by atoms with Crippen molar-refractivity contribution in [3.05, 3.63) is 12.2 Å². The first-order valence-corrected chi connectivity index (χ1v) is 29.4. The number of esters is 1. The van der Waals surface area contributed by atoms with E-state index >= 15 is 0 Å². The minimum absolute atomic E-state index is 0.00934. The van der Waals surface area contributed by atoms with E-state index in [2.05, 4.69) is 31.3 Å². The fraction of sp³-hybridized carbons (Fsp3) is 0.932. The van der Waals surface area contributed by atoms with Gasteiger partial charge in [-0.25, -0.2) is 0 Å². The number of carbonyl (C=O) groups is 2. The van der Waals surface area contributed by atoms with E-state index in [0.29, 0.717) is 25.9 Å². The van der Waals surface area contributed by atoms with Crippen LogP contribution < -0.4 is 5.32 Å². The molecule has 65 heavy (non-hydrogen) atoms. The number of aliphatic hydroxyl groups is 2. The van der Waals surface area contributed by atoms with E-state index in [-0.39, 0.29) is 18.5 Å². The van der Waals surface area contributed by atoms with Crippen molar-refractivity contribution in [2.75, 3.05) is 13.2 Å². The van der Waals surface area contributed by atoms with Crippen molar-refractivity contribution in [2.24, 2.45) is 0 Å². The normalized spacial score (nSPS) is 12.6. The number of carbonyl (C=O) groups excluding carboxylic acids is 2. The molecule has 0 bridgehead atoms. The van der Waals surface area contributed by atoms with Crippen LogP contribution in [-0.4, -0.2) is 47.4 Å². The first-order valence-electron chi connectivity index (χ1n) is 29.4. The van der Waals surface area contributed by atoms with Gasteiger partial charge in [-0.15, -0.1) is 0 Å². The predicted octanol–water partition coefficient (Wildman–Crippen LogP) is 18.1. The van der Waals surface area contributed by atoms with Crippen LogP contribution in [0.5, 0.6) is 0 Å². The van der Waals surface area contributed by atoms with Gasteiger partial charge in [0.1, 0.15) is 0 Å². The minimum atomic E-state index is -0.681. The molecule has 0 fully saturated rings. The van der Waals surface area contributed by atoms with Crippen molar-refractivity contribution in [1.29, 1.82) is 0 Å². The van der Waals surface area contributed by atoms with Gasteiger partial charge in [-0.2, -0.15) is 0 Å². The smallest absolute Gasteiger partial charge is 0.305 e. The zero-order valence-electron chi connectivity index (χ0n) is 44.0. The highest BCUT2D eigenvalue weighted by molar-refractivity contribution is 5.76. The molecule has 6 nitrogen and oxygen atoms in total. The molecule has 0 aromatic carbocycles. The highest BCUT2D eigenvalue weighted by Crippen LogP contribution is 2.18. The van der Waals surface area contributed by atoms with Crippen LogP contribution in [0, 0.1) is 0 Å². The van der Waals surface area contributed by atoms with E-state index < -0.39 is 12.1 Å². The molecule has 2 unspecified atom stereocenters. The fourth-order valence-electron chi connectivity index (χ4n) is 9.28. The molecule has 0 aromatic heterocycles. The van der Waals surface area contributed by atoms with Gasteiger partial charge in [0.05, 0.1) is 25.4 Å². The second kappa shape index (κ2) is 55.2. The number of ether oxygens (including phenoxy) is 1. The lowest BCUT2D eigenvalue weighted by molar-refractivity contribution is -0.143. The third kappa shape index (κ3) is 51.8. The Morgan fingerprint density at radius 3 is 1.11 bits per heavy atom. The highest BCUT2D eigenvalue weighted by atomic mass is 16.5. The van der Waals surface area contributed by atoms with Crippen molar-refractivity contribution >= 4 is 11.9 Å². The lowest BCUT2D eigenvalue weighted by Gasteiger charge is -2.22. The second-order valence-corrected chi connectivity index (χ2v) is 20.3. The molecule has 0 aliphatic carbocycles. The number of aliphatic hydroxyl groups excluding tert-OH is 2. The molecule has 0 heterocycles. The minimum Gasteiger partial charge on any atom is -0.466 e. The number of hydrogen-bond donors (Lipinski definition) is 3. The van der Waals surface area contributed by atoms with E-state index in [1.807, 2.05) is 0 Å². The first-order chi connectivity index (χ1) is 32.0. The number of allylic oxidation sites excluding steroid dienone is 2. The van der Waals surface area contributed by atoms with Crippen molar-refractivity contribution in [3.63, 3.8) is 0 Å². The van der Waals surface area contributed by atoms with Crippen LogP contribution >= 0.6 is 0 Å². The largest absolute Gasteiger partial charge is 0.466 e. The molecule has 0 saturated heterocycles. The van der Waals surface area contributed by atoms with E-state index in [0.717, 1.165) is 70.6 Å². The summed E-state index contributed by atoms with van der Waals surface area (Å²) in [5, 5.41) is 23.3. The van der Waals surface area contributed by atoms with Gasteiger partial charge in [0.15, 0.2) is 0 Å². The molecular formula is C59H115NO5. The molecule has 0 spiro atoms. The maximum atomic E-state index is 12.5. The molecule has 0 aromatic rings. The zero-order valence-corrected chi connectivity index (χ0v) is 44.0. The molecule has 0 aliphatic rings. The Kier molecular flexibility index (Phi) is 54.0. The van der Waals surface area contributed by atoms with Gasteiger partial charge in [0.25, 0.3) is 0 Å². The summed E-state index contributed by atoms with van der Waals surface area (Å²) in [7, 11) is 0. The Morgan fingerprint density at radius 2 is 0.723 bits per heavy atom. The average Bonchev–Trinajstić information content (AvgIpc) is 3.31. The number of rotatable bonds is 55. The Labute approximate surface area is 406 Å². The van der Waals surface area contributed by atoms with Crippen LogP contribution in [-0.2, 0) is 14.3 Å². The summed E-state index contributed by atoms with van der Waals surface area (Å²) in [4.78, 5) is 24.5. The molecule has 1 amide bonds. The summed E-state index contributed by atoms with van der Waals surface area (Å²) in [5.74, 6) is -0.0706. The first kappa shape index (κ1) is 63.6. The fourth-order valence-corrected chi connectivity index (χ4v) is 9.28. The standard InChI is InChI=1S/C59H115NO5/c1-3-5-7-9-11-13-15-17-19-20-21-22-23-24-25-27-31-35-39-43-47-51-57(62)56(55-61)60-58(63)52-48-44-40-36-32-28-26-30-34-38-42-46-50-54-65-59(64)53-49-45-41-37-33-29-18-16-14-12-10-8-6-4-2/h28,32,56-57,61-62H,3-27,29-31,33-55H2,1-2H3,(H,60,63)/b32-28-. The molecule has 2 atom stereocenters. The van der Waals surface area contributed by atoms with Gasteiger partial charge in [0.2, 0.25) is 5.91 Å². The summed E-state index contributed by atoms with van der Waals surface area (Å²) in [6, 6.07) is -0.561. The van der Waals surface area contributed by atoms with Crippen molar-refractivity contribution < 1.29 is 24.5 Å². The monoisotopic (exact) mass is 918 g/mol. The molecular weight excluding hydrogens is 803 g/mol. The molecule has 6 heteroatoms. The third-order valence-corrected chi connectivity index (χ3v) is 13.8. The molecule has 0 saturated carbocycles. The maximum Gasteiger partial charge on any atom is 0.305 e. The van der Waals surface area contributed by atoms with Crippen LogP contribution in [0.2, 0.25) is 0 Å². The van der Waals surface area contributed by atoms with Crippen LogP contribution in [0.3, 0.4) is 0 Å². The van der Waals surface area contributed by atoms with Gasteiger partial charge in [-0.3, -0.25) is 9.59 Å². The van der Waals surface area contributed by atoms with Crippen molar-refractivity contribution in [1.82, 2.24) is 5.32 Å². The van der Waals surface area contributed by atoms with Gasteiger partial charge in [-0.05, 0) is 51.4 Å². The van der Waals surface area contributed by atoms with Crippen molar-refractivity contribution in [3.8, 4) is 0 Å². The van der Waals surface area contributed by atoms with E-state index in [1.54, 1.807) is 0 Å². The van der Waals surface area contributed by atoms with Gasteiger partial charge in [0, 0.05) is 12.8 Å². The molecule has 0 rings (SSSR count).